The van der Waals surface area contributed by atoms with Crippen LogP contribution in [-0.2, 0) is 6.54 Å². The molecule has 0 spiro atoms. The molecule has 2 aromatic rings. The Labute approximate surface area is 107 Å². The summed E-state index contributed by atoms with van der Waals surface area (Å²) in [6.07, 6.45) is 4.79. The van der Waals surface area contributed by atoms with Gasteiger partial charge in [-0.2, -0.15) is 4.98 Å². The molecule has 2 N–H and O–H groups in total. The van der Waals surface area contributed by atoms with E-state index >= 15 is 0 Å². The monoisotopic (exact) mass is 248 g/mol. The molecule has 0 saturated heterocycles. The van der Waals surface area contributed by atoms with Gasteiger partial charge in [-0.1, -0.05) is 26.2 Å². The van der Waals surface area contributed by atoms with Crippen molar-refractivity contribution in [1.82, 2.24) is 14.5 Å². The third-order valence-corrected chi connectivity index (χ3v) is 3.04. The molecule has 0 saturated carbocycles. The molecule has 18 heavy (non-hydrogen) atoms. The molecule has 0 aliphatic carbocycles. The zero-order chi connectivity index (χ0) is 13.0. The van der Waals surface area contributed by atoms with Crippen molar-refractivity contribution >= 4 is 17.1 Å². The number of nitrogen functional groups attached to an aromatic ring is 1. The second kappa shape index (κ2) is 5.71. The van der Waals surface area contributed by atoms with Gasteiger partial charge in [0.25, 0.3) is 0 Å². The summed E-state index contributed by atoms with van der Waals surface area (Å²) in [6.45, 7) is 3.07. The molecular formula is C13H20N4O. The number of ether oxygens (including phenoxy) is 1. The molecule has 98 valence electrons. The third kappa shape index (κ3) is 2.55. The minimum absolute atomic E-state index is 0.530. The highest BCUT2D eigenvalue weighted by atomic mass is 16.5. The smallest absolute Gasteiger partial charge is 0.215 e. The first-order valence-corrected chi connectivity index (χ1v) is 6.43. The lowest BCUT2D eigenvalue weighted by molar-refractivity contribution is 0.399. The molecule has 0 amide bonds. The van der Waals surface area contributed by atoms with Crippen LogP contribution in [0.15, 0.2) is 12.1 Å². The summed E-state index contributed by atoms with van der Waals surface area (Å²) in [6, 6.07) is 3.69. The third-order valence-electron chi connectivity index (χ3n) is 3.04. The fourth-order valence-corrected chi connectivity index (χ4v) is 2.03. The number of methoxy groups -OCH3 is 1. The number of unbranched alkanes of at least 4 members (excludes halogenated alkanes) is 3. The lowest BCUT2D eigenvalue weighted by Gasteiger charge is -2.06. The summed E-state index contributed by atoms with van der Waals surface area (Å²) >= 11 is 0. The lowest BCUT2D eigenvalue weighted by Crippen LogP contribution is -2.04. The van der Waals surface area contributed by atoms with Crippen LogP contribution in [-0.4, -0.2) is 21.6 Å². The van der Waals surface area contributed by atoms with Crippen LogP contribution in [0.5, 0.6) is 5.88 Å². The van der Waals surface area contributed by atoms with Crippen molar-refractivity contribution in [3.05, 3.63) is 12.1 Å². The van der Waals surface area contributed by atoms with E-state index in [1.807, 2.05) is 10.6 Å². The molecule has 0 aromatic carbocycles. The van der Waals surface area contributed by atoms with Crippen molar-refractivity contribution in [3.63, 3.8) is 0 Å². The maximum atomic E-state index is 5.93. The van der Waals surface area contributed by atoms with Crippen LogP contribution in [0.3, 0.4) is 0 Å². The molecule has 2 rings (SSSR count). The quantitative estimate of drug-likeness (QED) is 0.798. The van der Waals surface area contributed by atoms with Gasteiger partial charge >= 0.3 is 0 Å². The largest absolute Gasteiger partial charge is 0.481 e. The highest BCUT2D eigenvalue weighted by Gasteiger charge is 2.10. The Morgan fingerprint density at radius 2 is 2.06 bits per heavy atom. The van der Waals surface area contributed by atoms with Crippen LogP contribution in [0.1, 0.15) is 32.6 Å². The molecule has 5 nitrogen and oxygen atoms in total. The fraction of sp³-hybridized carbons (Fsp3) is 0.538. The van der Waals surface area contributed by atoms with Gasteiger partial charge in [0, 0.05) is 12.6 Å². The molecule has 0 aliphatic rings. The summed E-state index contributed by atoms with van der Waals surface area (Å²) in [5, 5.41) is 0. The van der Waals surface area contributed by atoms with Crippen LogP contribution in [0.25, 0.3) is 11.2 Å². The van der Waals surface area contributed by atoms with Crippen molar-refractivity contribution in [2.75, 3.05) is 12.8 Å². The van der Waals surface area contributed by atoms with E-state index in [9.17, 15) is 0 Å². The van der Waals surface area contributed by atoms with E-state index < -0.39 is 0 Å². The van der Waals surface area contributed by atoms with Gasteiger partial charge in [0.2, 0.25) is 11.8 Å². The van der Waals surface area contributed by atoms with Crippen molar-refractivity contribution < 1.29 is 4.74 Å². The summed E-state index contributed by atoms with van der Waals surface area (Å²) in [4.78, 5) is 8.72. The SMILES string of the molecule is CCCCCCn1c(N)nc2ccc(OC)nc21. The summed E-state index contributed by atoms with van der Waals surface area (Å²) in [5.74, 6) is 1.12. The molecule has 2 aromatic heterocycles. The van der Waals surface area contributed by atoms with E-state index in [0.717, 1.165) is 24.1 Å². The van der Waals surface area contributed by atoms with Crippen LogP contribution >= 0.6 is 0 Å². The summed E-state index contributed by atoms with van der Waals surface area (Å²) < 4.78 is 7.10. The second-order valence-corrected chi connectivity index (χ2v) is 4.38. The molecule has 0 unspecified atom stereocenters. The Balaban J connectivity index is 2.22. The van der Waals surface area contributed by atoms with Gasteiger partial charge in [0.15, 0.2) is 5.65 Å². The number of pyridine rings is 1. The van der Waals surface area contributed by atoms with E-state index in [0.29, 0.717) is 11.8 Å². The minimum Gasteiger partial charge on any atom is -0.481 e. The Bertz CT molecular complexity index is 521. The number of nitrogens with zero attached hydrogens (tertiary/aromatic N) is 3. The van der Waals surface area contributed by atoms with E-state index in [4.69, 9.17) is 10.5 Å². The van der Waals surface area contributed by atoms with E-state index in [1.54, 1.807) is 13.2 Å². The Morgan fingerprint density at radius 3 is 2.78 bits per heavy atom. The Morgan fingerprint density at radius 1 is 1.22 bits per heavy atom. The zero-order valence-corrected chi connectivity index (χ0v) is 11.0. The van der Waals surface area contributed by atoms with Crippen molar-refractivity contribution in [2.24, 2.45) is 0 Å². The fourth-order valence-electron chi connectivity index (χ4n) is 2.03. The number of hydrogen-bond donors (Lipinski definition) is 1. The van der Waals surface area contributed by atoms with E-state index in [-0.39, 0.29) is 0 Å². The van der Waals surface area contributed by atoms with Crippen LogP contribution in [0.4, 0.5) is 5.95 Å². The molecule has 5 heteroatoms. The first-order valence-electron chi connectivity index (χ1n) is 6.43. The second-order valence-electron chi connectivity index (χ2n) is 4.38. The molecule has 0 bridgehead atoms. The van der Waals surface area contributed by atoms with Gasteiger partial charge in [-0.3, -0.25) is 4.57 Å². The molecule has 0 radical (unpaired) electrons. The average Bonchev–Trinajstić information content (AvgIpc) is 2.70. The number of aryl methyl sites for hydroxylation is 1. The molecule has 0 aliphatic heterocycles. The minimum atomic E-state index is 0.530. The average molecular weight is 248 g/mol. The number of rotatable bonds is 6. The molecule has 0 fully saturated rings. The first kappa shape index (κ1) is 12.7. The Hall–Kier alpha value is -1.78. The zero-order valence-electron chi connectivity index (χ0n) is 11.0. The number of anilines is 1. The van der Waals surface area contributed by atoms with E-state index in [2.05, 4.69) is 16.9 Å². The van der Waals surface area contributed by atoms with Crippen molar-refractivity contribution in [2.45, 2.75) is 39.2 Å². The van der Waals surface area contributed by atoms with Crippen molar-refractivity contribution in [3.8, 4) is 5.88 Å². The number of nitrogens with two attached hydrogens (primary N) is 1. The van der Waals surface area contributed by atoms with Gasteiger partial charge < -0.3 is 10.5 Å². The van der Waals surface area contributed by atoms with Gasteiger partial charge in [-0.15, -0.1) is 0 Å². The first-order chi connectivity index (χ1) is 8.76. The van der Waals surface area contributed by atoms with Gasteiger partial charge in [-0.25, -0.2) is 4.98 Å². The molecule has 0 atom stereocenters. The summed E-state index contributed by atoms with van der Waals surface area (Å²) in [7, 11) is 1.61. The Kier molecular flexibility index (Phi) is 4.02. The lowest BCUT2D eigenvalue weighted by atomic mass is 10.2. The normalized spacial score (nSPS) is 11.0. The van der Waals surface area contributed by atoms with Crippen molar-refractivity contribution in [1.29, 1.82) is 0 Å². The summed E-state index contributed by atoms with van der Waals surface area (Å²) in [5.41, 5.74) is 7.56. The number of fused-ring (bicyclic) bond motifs is 1. The maximum Gasteiger partial charge on any atom is 0.215 e. The number of hydrogen-bond acceptors (Lipinski definition) is 4. The van der Waals surface area contributed by atoms with Gasteiger partial charge in [-0.05, 0) is 12.5 Å². The molecule has 2 heterocycles. The highest BCUT2D eigenvalue weighted by molar-refractivity contribution is 5.74. The standard InChI is InChI=1S/C13H20N4O/c1-3-4-5-6-9-17-12-10(15-13(17)14)7-8-11(16-12)18-2/h7-8H,3-6,9H2,1-2H3,(H2,14,15). The topological polar surface area (TPSA) is 66.0 Å². The number of aromatic nitrogens is 3. The van der Waals surface area contributed by atoms with E-state index in [1.165, 1.54) is 19.3 Å². The van der Waals surface area contributed by atoms with Crippen LogP contribution in [0.2, 0.25) is 0 Å². The molecular weight excluding hydrogens is 228 g/mol. The predicted octanol–water partition coefficient (Wildman–Crippen LogP) is 2.60. The predicted molar refractivity (Wildman–Crippen MR) is 72.6 cm³/mol. The van der Waals surface area contributed by atoms with Gasteiger partial charge in [0.05, 0.1) is 7.11 Å². The van der Waals surface area contributed by atoms with Crippen LogP contribution < -0.4 is 10.5 Å². The maximum absolute atomic E-state index is 5.93. The number of imidazole rings is 1. The van der Waals surface area contributed by atoms with Crippen LogP contribution in [0, 0.1) is 0 Å². The highest BCUT2D eigenvalue weighted by Crippen LogP contribution is 2.20. The van der Waals surface area contributed by atoms with Gasteiger partial charge in [0.1, 0.15) is 5.52 Å².